The first-order valence-electron chi connectivity index (χ1n) is 7.45. The molecule has 0 spiro atoms. The summed E-state index contributed by atoms with van der Waals surface area (Å²) in [5.74, 6) is 1.72. The molecule has 0 heterocycles. The van der Waals surface area contributed by atoms with Gasteiger partial charge in [0.15, 0.2) is 0 Å². The number of nitrogens with zero attached hydrogens (tertiary/aromatic N) is 1. The van der Waals surface area contributed by atoms with Gasteiger partial charge in [-0.05, 0) is 43.6 Å². The van der Waals surface area contributed by atoms with Gasteiger partial charge in [-0.25, -0.2) is 0 Å². The molecule has 2 atom stereocenters. The number of rotatable bonds is 6. The maximum absolute atomic E-state index is 4.34. The van der Waals surface area contributed by atoms with Crippen LogP contribution in [0.3, 0.4) is 0 Å². The van der Waals surface area contributed by atoms with Gasteiger partial charge in [0.2, 0.25) is 0 Å². The zero-order valence-corrected chi connectivity index (χ0v) is 11.9. The van der Waals surface area contributed by atoms with Crippen molar-refractivity contribution in [2.75, 3.05) is 7.05 Å². The summed E-state index contributed by atoms with van der Waals surface area (Å²) in [6.45, 7) is 4.62. The summed E-state index contributed by atoms with van der Waals surface area (Å²) >= 11 is 0. The van der Waals surface area contributed by atoms with Gasteiger partial charge in [-0.3, -0.25) is 4.99 Å². The largest absolute Gasteiger partial charge is 0.293 e. The number of aliphatic imine (C=N–C) groups is 1. The van der Waals surface area contributed by atoms with Gasteiger partial charge in [0.25, 0.3) is 0 Å². The maximum atomic E-state index is 4.34. The average molecular weight is 235 g/mol. The number of unbranched alkanes of at least 4 members (excludes halogenated alkanes) is 1. The molecule has 1 heteroatoms. The third-order valence-corrected chi connectivity index (χ3v) is 3.99. The zero-order chi connectivity index (χ0) is 12.5. The summed E-state index contributed by atoms with van der Waals surface area (Å²) in [5, 5.41) is 0. The molecule has 1 nitrogen and oxygen atoms in total. The van der Waals surface area contributed by atoms with E-state index in [-0.39, 0.29) is 0 Å². The van der Waals surface area contributed by atoms with E-state index in [9.17, 15) is 0 Å². The third kappa shape index (κ3) is 5.06. The highest BCUT2D eigenvalue weighted by Crippen LogP contribution is 2.30. The lowest BCUT2D eigenvalue weighted by Gasteiger charge is -2.23. The number of hydrogen-bond acceptors (Lipinski definition) is 1. The lowest BCUT2D eigenvalue weighted by atomic mass is 9.82. The van der Waals surface area contributed by atoms with Crippen LogP contribution in [0.4, 0.5) is 0 Å². The van der Waals surface area contributed by atoms with Crippen molar-refractivity contribution in [2.45, 2.75) is 65.2 Å². The molecule has 0 aliphatic heterocycles. The van der Waals surface area contributed by atoms with Gasteiger partial charge in [-0.1, -0.05) is 45.6 Å². The molecule has 0 bridgehead atoms. The second-order valence-electron chi connectivity index (χ2n) is 5.32. The molecule has 0 radical (unpaired) electrons. The minimum absolute atomic E-state index is 0.806. The fourth-order valence-corrected chi connectivity index (χ4v) is 2.92. The Morgan fingerprint density at radius 2 is 2.12 bits per heavy atom. The van der Waals surface area contributed by atoms with Crippen molar-refractivity contribution in [1.29, 1.82) is 0 Å². The van der Waals surface area contributed by atoms with E-state index in [1.807, 2.05) is 7.05 Å². The Bertz CT molecular complexity index is 252. The average Bonchev–Trinajstić information content (AvgIpc) is 2.59. The van der Waals surface area contributed by atoms with Crippen LogP contribution in [0, 0.1) is 11.8 Å². The standard InChI is InChI=1S/C16H29N/c1-4-6-9-14(8-5-2)15-10-7-11-16(17-3)13-12-15/h12-15H,4-11H2,1-3H3. The summed E-state index contributed by atoms with van der Waals surface area (Å²) in [6, 6.07) is 0. The molecule has 1 aliphatic carbocycles. The predicted molar refractivity (Wildman–Crippen MR) is 77.8 cm³/mol. The molecule has 1 rings (SSSR count). The summed E-state index contributed by atoms with van der Waals surface area (Å²) in [5.41, 5.74) is 1.29. The van der Waals surface area contributed by atoms with Crippen molar-refractivity contribution in [3.63, 3.8) is 0 Å². The Balaban J connectivity index is 2.59. The molecular formula is C16H29N. The summed E-state index contributed by atoms with van der Waals surface area (Å²) < 4.78 is 0. The van der Waals surface area contributed by atoms with Crippen LogP contribution in [0.25, 0.3) is 0 Å². The zero-order valence-electron chi connectivity index (χ0n) is 11.9. The van der Waals surface area contributed by atoms with Gasteiger partial charge in [-0.15, -0.1) is 0 Å². The Hall–Kier alpha value is -0.590. The Kier molecular flexibility index (Phi) is 7.23. The lowest BCUT2D eigenvalue weighted by molar-refractivity contribution is 0.316. The topological polar surface area (TPSA) is 12.4 Å². The normalized spacial score (nSPS) is 24.9. The van der Waals surface area contributed by atoms with E-state index >= 15 is 0 Å². The smallest absolute Gasteiger partial charge is 0.0341 e. The third-order valence-electron chi connectivity index (χ3n) is 3.99. The highest BCUT2D eigenvalue weighted by atomic mass is 14.7. The van der Waals surface area contributed by atoms with Gasteiger partial charge in [0.1, 0.15) is 0 Å². The molecule has 0 saturated heterocycles. The minimum Gasteiger partial charge on any atom is -0.293 e. The molecular weight excluding hydrogens is 206 g/mol. The van der Waals surface area contributed by atoms with Gasteiger partial charge >= 0.3 is 0 Å². The van der Waals surface area contributed by atoms with Crippen molar-refractivity contribution in [3.8, 4) is 0 Å². The van der Waals surface area contributed by atoms with Crippen molar-refractivity contribution < 1.29 is 0 Å². The van der Waals surface area contributed by atoms with Crippen LogP contribution in [-0.2, 0) is 0 Å². The van der Waals surface area contributed by atoms with Crippen molar-refractivity contribution in [3.05, 3.63) is 12.2 Å². The Labute approximate surface area is 107 Å². The van der Waals surface area contributed by atoms with Crippen LogP contribution >= 0.6 is 0 Å². The van der Waals surface area contributed by atoms with E-state index in [4.69, 9.17) is 0 Å². The highest BCUT2D eigenvalue weighted by Gasteiger charge is 2.19. The molecule has 0 saturated carbocycles. The van der Waals surface area contributed by atoms with Crippen LogP contribution in [0.15, 0.2) is 17.1 Å². The van der Waals surface area contributed by atoms with E-state index in [1.165, 1.54) is 57.1 Å². The molecule has 0 amide bonds. The monoisotopic (exact) mass is 235 g/mol. The first-order chi connectivity index (χ1) is 8.31. The predicted octanol–water partition coefficient (Wildman–Crippen LogP) is 5.02. The molecule has 2 unspecified atom stereocenters. The van der Waals surface area contributed by atoms with E-state index in [1.54, 1.807) is 0 Å². The van der Waals surface area contributed by atoms with Crippen molar-refractivity contribution >= 4 is 5.71 Å². The molecule has 98 valence electrons. The molecule has 17 heavy (non-hydrogen) atoms. The van der Waals surface area contributed by atoms with Crippen LogP contribution < -0.4 is 0 Å². The molecule has 0 aromatic heterocycles. The van der Waals surface area contributed by atoms with Crippen LogP contribution in [0.1, 0.15) is 65.2 Å². The fraction of sp³-hybridized carbons (Fsp3) is 0.812. The lowest BCUT2D eigenvalue weighted by Crippen LogP contribution is -2.12. The highest BCUT2D eigenvalue weighted by molar-refractivity contribution is 5.95. The van der Waals surface area contributed by atoms with Gasteiger partial charge in [-0.2, -0.15) is 0 Å². The van der Waals surface area contributed by atoms with Crippen LogP contribution in [0.2, 0.25) is 0 Å². The summed E-state index contributed by atoms with van der Waals surface area (Å²) in [7, 11) is 1.92. The maximum Gasteiger partial charge on any atom is 0.0341 e. The first kappa shape index (κ1) is 14.5. The van der Waals surface area contributed by atoms with Gasteiger partial charge < -0.3 is 0 Å². The number of allylic oxidation sites excluding steroid dienone is 2. The van der Waals surface area contributed by atoms with E-state index in [0.29, 0.717) is 0 Å². The molecule has 0 fully saturated rings. The van der Waals surface area contributed by atoms with E-state index < -0.39 is 0 Å². The fourth-order valence-electron chi connectivity index (χ4n) is 2.92. The van der Waals surface area contributed by atoms with Gasteiger partial charge in [0.05, 0.1) is 0 Å². The summed E-state index contributed by atoms with van der Waals surface area (Å²) in [4.78, 5) is 4.34. The SMILES string of the molecule is CCCCC(CCC)C1C=CC(=NC)CCC1. The quantitative estimate of drug-likeness (QED) is 0.613. The summed E-state index contributed by atoms with van der Waals surface area (Å²) in [6.07, 6.45) is 15.5. The van der Waals surface area contributed by atoms with Gasteiger partial charge in [0, 0.05) is 12.8 Å². The second-order valence-corrected chi connectivity index (χ2v) is 5.32. The molecule has 0 aromatic rings. The molecule has 0 aromatic carbocycles. The first-order valence-corrected chi connectivity index (χ1v) is 7.45. The van der Waals surface area contributed by atoms with Crippen molar-refractivity contribution in [1.82, 2.24) is 0 Å². The van der Waals surface area contributed by atoms with Crippen LogP contribution in [-0.4, -0.2) is 12.8 Å². The number of hydrogen-bond donors (Lipinski definition) is 0. The Morgan fingerprint density at radius 1 is 1.29 bits per heavy atom. The van der Waals surface area contributed by atoms with Crippen molar-refractivity contribution in [2.24, 2.45) is 16.8 Å². The minimum atomic E-state index is 0.806. The second kappa shape index (κ2) is 8.49. The van der Waals surface area contributed by atoms with E-state index in [0.717, 1.165) is 11.8 Å². The molecule has 1 aliphatic rings. The Morgan fingerprint density at radius 3 is 2.76 bits per heavy atom. The van der Waals surface area contributed by atoms with E-state index in [2.05, 4.69) is 31.0 Å². The van der Waals surface area contributed by atoms with Crippen LogP contribution in [0.5, 0.6) is 0 Å². The molecule has 0 N–H and O–H groups in total.